The lowest BCUT2D eigenvalue weighted by Gasteiger charge is -2.07. The second-order valence-corrected chi connectivity index (χ2v) is 5.99. The van der Waals surface area contributed by atoms with Gasteiger partial charge in [-0.3, -0.25) is 9.59 Å². The Labute approximate surface area is 144 Å². The molecule has 0 radical (unpaired) electrons. The summed E-state index contributed by atoms with van der Waals surface area (Å²) in [7, 11) is 0. The Morgan fingerprint density at radius 3 is 2.52 bits per heavy atom. The van der Waals surface area contributed by atoms with Crippen molar-refractivity contribution in [1.29, 1.82) is 0 Å². The highest BCUT2D eigenvalue weighted by atomic mass is 19.1. The van der Waals surface area contributed by atoms with Crippen molar-refractivity contribution in [3.05, 3.63) is 65.5 Å². The monoisotopic (exact) mass is 339 g/mol. The van der Waals surface area contributed by atoms with Gasteiger partial charge in [0.2, 0.25) is 5.91 Å². The summed E-state index contributed by atoms with van der Waals surface area (Å²) in [5, 5.41) is 6.92. The van der Waals surface area contributed by atoms with E-state index in [4.69, 9.17) is 0 Å². The van der Waals surface area contributed by atoms with Crippen LogP contribution >= 0.6 is 0 Å². The molecule has 128 valence electrons. The first-order chi connectivity index (χ1) is 12.0. The molecule has 1 fully saturated rings. The predicted octanol–water partition coefficient (Wildman–Crippen LogP) is 3.33. The standard InChI is InChI=1S/C19H18FN3O2/c1-12(22-23-19(25)15-5-2-6-16(20)10-15)14-4-3-7-17(11-14)21-18(24)13-8-9-13/h2-7,10-11,13H,8-9H2,1H3,(H,21,24)(H,23,25)/b22-12+. The van der Waals surface area contributed by atoms with Gasteiger partial charge < -0.3 is 5.32 Å². The van der Waals surface area contributed by atoms with Crippen molar-refractivity contribution < 1.29 is 14.0 Å². The Bertz CT molecular complexity index is 844. The lowest BCUT2D eigenvalue weighted by atomic mass is 10.1. The van der Waals surface area contributed by atoms with E-state index in [1.807, 2.05) is 18.2 Å². The van der Waals surface area contributed by atoms with Gasteiger partial charge in [-0.05, 0) is 55.7 Å². The maximum Gasteiger partial charge on any atom is 0.271 e. The molecule has 2 aromatic rings. The summed E-state index contributed by atoms with van der Waals surface area (Å²) in [6, 6.07) is 12.6. The fourth-order valence-corrected chi connectivity index (χ4v) is 2.31. The lowest BCUT2D eigenvalue weighted by Crippen LogP contribution is -2.19. The number of carbonyl (C=O) groups is 2. The normalized spacial score (nSPS) is 14.1. The molecule has 0 saturated heterocycles. The Morgan fingerprint density at radius 1 is 1.08 bits per heavy atom. The SMILES string of the molecule is C/C(=N\NC(=O)c1cccc(F)c1)c1cccc(NC(=O)C2CC2)c1. The van der Waals surface area contributed by atoms with Crippen LogP contribution in [0.1, 0.15) is 35.7 Å². The summed E-state index contributed by atoms with van der Waals surface area (Å²) in [6.45, 7) is 1.74. The molecule has 0 atom stereocenters. The van der Waals surface area contributed by atoms with E-state index >= 15 is 0 Å². The highest BCUT2D eigenvalue weighted by molar-refractivity contribution is 6.02. The van der Waals surface area contributed by atoms with Crippen molar-refractivity contribution in [2.45, 2.75) is 19.8 Å². The number of anilines is 1. The maximum atomic E-state index is 13.2. The predicted molar refractivity (Wildman–Crippen MR) is 93.9 cm³/mol. The third-order valence-electron chi connectivity index (χ3n) is 3.91. The number of nitrogens with one attached hydrogen (secondary N) is 2. The van der Waals surface area contributed by atoms with Gasteiger partial charge in [-0.25, -0.2) is 9.82 Å². The fourth-order valence-electron chi connectivity index (χ4n) is 2.31. The molecule has 0 bridgehead atoms. The van der Waals surface area contributed by atoms with Crippen LogP contribution in [0.25, 0.3) is 0 Å². The molecule has 1 aliphatic rings. The molecule has 2 N–H and O–H groups in total. The first-order valence-electron chi connectivity index (χ1n) is 8.04. The average Bonchev–Trinajstić information content (AvgIpc) is 3.44. The Balaban J connectivity index is 1.67. The Morgan fingerprint density at radius 2 is 1.80 bits per heavy atom. The van der Waals surface area contributed by atoms with Gasteiger partial charge in [0, 0.05) is 17.2 Å². The largest absolute Gasteiger partial charge is 0.326 e. The average molecular weight is 339 g/mol. The molecule has 0 aromatic heterocycles. The van der Waals surface area contributed by atoms with E-state index in [0.717, 1.165) is 24.5 Å². The molecular weight excluding hydrogens is 321 g/mol. The first kappa shape index (κ1) is 16.8. The van der Waals surface area contributed by atoms with Crippen LogP contribution in [-0.4, -0.2) is 17.5 Å². The number of hydrazone groups is 1. The number of benzene rings is 2. The van der Waals surface area contributed by atoms with Gasteiger partial charge in [-0.1, -0.05) is 18.2 Å². The number of amides is 2. The number of hydrogen-bond donors (Lipinski definition) is 2. The van der Waals surface area contributed by atoms with E-state index in [2.05, 4.69) is 15.8 Å². The van der Waals surface area contributed by atoms with Gasteiger partial charge >= 0.3 is 0 Å². The van der Waals surface area contributed by atoms with Crippen molar-refractivity contribution in [1.82, 2.24) is 5.43 Å². The second kappa shape index (κ2) is 7.25. The summed E-state index contributed by atoms with van der Waals surface area (Å²) in [4.78, 5) is 23.8. The minimum absolute atomic E-state index is 0.0335. The summed E-state index contributed by atoms with van der Waals surface area (Å²) in [5.74, 6) is -0.806. The molecule has 5 nitrogen and oxygen atoms in total. The fraction of sp³-hybridized carbons (Fsp3) is 0.211. The second-order valence-electron chi connectivity index (χ2n) is 5.99. The van der Waals surface area contributed by atoms with Crippen molar-refractivity contribution in [3.63, 3.8) is 0 Å². The van der Waals surface area contributed by atoms with Crippen LogP contribution in [0.5, 0.6) is 0 Å². The summed E-state index contributed by atoms with van der Waals surface area (Å²) >= 11 is 0. The first-order valence-corrected chi connectivity index (χ1v) is 8.04. The molecule has 1 saturated carbocycles. The lowest BCUT2D eigenvalue weighted by molar-refractivity contribution is -0.117. The van der Waals surface area contributed by atoms with Gasteiger partial charge in [-0.2, -0.15) is 5.10 Å². The van der Waals surface area contributed by atoms with E-state index in [-0.39, 0.29) is 17.4 Å². The molecule has 0 spiro atoms. The minimum atomic E-state index is -0.489. The number of nitrogens with zero attached hydrogens (tertiary/aromatic N) is 1. The van der Waals surface area contributed by atoms with Gasteiger partial charge in [-0.15, -0.1) is 0 Å². The van der Waals surface area contributed by atoms with Crippen LogP contribution in [0.4, 0.5) is 10.1 Å². The molecule has 0 heterocycles. The topological polar surface area (TPSA) is 70.6 Å². The zero-order chi connectivity index (χ0) is 17.8. The van der Waals surface area contributed by atoms with Crippen molar-refractivity contribution >= 4 is 23.2 Å². The van der Waals surface area contributed by atoms with Gasteiger partial charge in [0.05, 0.1) is 5.71 Å². The van der Waals surface area contributed by atoms with Crippen LogP contribution in [0.3, 0.4) is 0 Å². The molecule has 6 heteroatoms. The minimum Gasteiger partial charge on any atom is -0.326 e. The van der Waals surface area contributed by atoms with E-state index < -0.39 is 11.7 Å². The van der Waals surface area contributed by atoms with Crippen LogP contribution in [-0.2, 0) is 4.79 Å². The highest BCUT2D eigenvalue weighted by Gasteiger charge is 2.29. The molecule has 3 rings (SSSR count). The molecule has 2 amide bonds. The molecule has 25 heavy (non-hydrogen) atoms. The molecule has 1 aliphatic carbocycles. The van der Waals surface area contributed by atoms with E-state index in [1.165, 1.54) is 18.2 Å². The smallest absolute Gasteiger partial charge is 0.271 e. The van der Waals surface area contributed by atoms with Crippen molar-refractivity contribution in [2.24, 2.45) is 11.0 Å². The summed E-state index contributed by atoms with van der Waals surface area (Å²) in [6.07, 6.45) is 1.89. The van der Waals surface area contributed by atoms with E-state index in [9.17, 15) is 14.0 Å². The third-order valence-corrected chi connectivity index (χ3v) is 3.91. The Hall–Kier alpha value is -3.02. The maximum absolute atomic E-state index is 13.2. The summed E-state index contributed by atoms with van der Waals surface area (Å²) in [5.41, 5.74) is 4.65. The number of hydrogen-bond acceptors (Lipinski definition) is 3. The summed E-state index contributed by atoms with van der Waals surface area (Å²) < 4.78 is 13.2. The van der Waals surface area contributed by atoms with E-state index in [1.54, 1.807) is 13.0 Å². The molecule has 2 aromatic carbocycles. The van der Waals surface area contributed by atoms with Crippen LogP contribution < -0.4 is 10.7 Å². The molecule has 0 aliphatic heterocycles. The quantitative estimate of drug-likeness (QED) is 0.648. The zero-order valence-corrected chi connectivity index (χ0v) is 13.8. The number of halogens is 1. The molecular formula is C19H18FN3O2. The van der Waals surface area contributed by atoms with Crippen molar-refractivity contribution in [3.8, 4) is 0 Å². The number of carbonyl (C=O) groups excluding carboxylic acids is 2. The highest BCUT2D eigenvalue weighted by Crippen LogP contribution is 2.30. The molecule has 0 unspecified atom stereocenters. The Kier molecular flexibility index (Phi) is 4.88. The van der Waals surface area contributed by atoms with Crippen LogP contribution in [0, 0.1) is 11.7 Å². The van der Waals surface area contributed by atoms with E-state index in [0.29, 0.717) is 11.4 Å². The van der Waals surface area contributed by atoms with Crippen LogP contribution in [0.15, 0.2) is 53.6 Å². The van der Waals surface area contributed by atoms with Crippen molar-refractivity contribution in [2.75, 3.05) is 5.32 Å². The number of rotatable bonds is 5. The van der Waals surface area contributed by atoms with Gasteiger partial charge in [0.25, 0.3) is 5.91 Å². The third kappa shape index (κ3) is 4.50. The van der Waals surface area contributed by atoms with Gasteiger partial charge in [0.1, 0.15) is 5.82 Å². The zero-order valence-electron chi connectivity index (χ0n) is 13.8. The van der Waals surface area contributed by atoms with Crippen LogP contribution in [0.2, 0.25) is 0 Å². The van der Waals surface area contributed by atoms with Gasteiger partial charge in [0.15, 0.2) is 0 Å².